The van der Waals surface area contributed by atoms with E-state index in [2.05, 4.69) is 51.6 Å². The molecule has 4 rings (SSSR count). The maximum atomic E-state index is 5.38. The molecule has 140 valence electrons. The zero-order valence-electron chi connectivity index (χ0n) is 15.7. The maximum Gasteiger partial charge on any atom is 0.225 e. The molecule has 4 aromatic rings. The van der Waals surface area contributed by atoms with Crippen molar-refractivity contribution in [1.29, 1.82) is 0 Å². The van der Waals surface area contributed by atoms with Gasteiger partial charge in [0.25, 0.3) is 0 Å². The summed E-state index contributed by atoms with van der Waals surface area (Å²) in [4.78, 5) is 11.5. The zero-order chi connectivity index (χ0) is 19.2. The van der Waals surface area contributed by atoms with Gasteiger partial charge in [-0.25, -0.2) is 4.98 Å². The quantitative estimate of drug-likeness (QED) is 0.477. The highest BCUT2D eigenvalue weighted by Crippen LogP contribution is 2.27. The summed E-state index contributed by atoms with van der Waals surface area (Å²) < 4.78 is 5.38. The van der Waals surface area contributed by atoms with Crippen LogP contribution in [0, 0.1) is 6.92 Å². The molecule has 0 bridgehead atoms. The minimum Gasteiger partial charge on any atom is -0.467 e. The first-order valence-corrected chi connectivity index (χ1v) is 9.26. The predicted octanol–water partition coefficient (Wildman–Crippen LogP) is 5.33. The van der Waals surface area contributed by atoms with Gasteiger partial charge in [-0.05, 0) is 36.8 Å². The summed E-state index contributed by atoms with van der Waals surface area (Å²) in [7, 11) is 0. The number of nitrogens with zero attached hydrogens (tertiary/aromatic N) is 3. The van der Waals surface area contributed by atoms with Crippen LogP contribution in [-0.2, 0) is 13.1 Å². The Labute approximate surface area is 164 Å². The van der Waals surface area contributed by atoms with E-state index in [0.29, 0.717) is 12.5 Å². The lowest BCUT2D eigenvalue weighted by molar-refractivity contribution is 0.517. The molecule has 0 aliphatic carbocycles. The second kappa shape index (κ2) is 8.39. The van der Waals surface area contributed by atoms with Crippen molar-refractivity contribution in [3.05, 3.63) is 102 Å². The van der Waals surface area contributed by atoms with Gasteiger partial charge in [-0.2, -0.15) is 4.98 Å². The summed E-state index contributed by atoms with van der Waals surface area (Å²) in [6.45, 7) is 3.24. The van der Waals surface area contributed by atoms with Crippen LogP contribution < -0.4 is 10.2 Å². The van der Waals surface area contributed by atoms with E-state index in [4.69, 9.17) is 9.40 Å². The Hall–Kier alpha value is -3.60. The Morgan fingerprint density at radius 3 is 2.36 bits per heavy atom. The molecule has 5 heteroatoms. The van der Waals surface area contributed by atoms with Gasteiger partial charge in [0.2, 0.25) is 5.95 Å². The van der Waals surface area contributed by atoms with Gasteiger partial charge >= 0.3 is 0 Å². The van der Waals surface area contributed by atoms with Crippen molar-refractivity contribution >= 4 is 17.5 Å². The molecule has 2 heterocycles. The lowest BCUT2D eigenvalue weighted by Gasteiger charge is -2.25. The molecule has 0 radical (unpaired) electrons. The van der Waals surface area contributed by atoms with E-state index in [1.54, 1.807) is 6.26 Å². The highest BCUT2D eigenvalue weighted by atomic mass is 16.3. The molecule has 2 aromatic carbocycles. The summed E-state index contributed by atoms with van der Waals surface area (Å²) >= 11 is 0. The molecule has 0 atom stereocenters. The molecular formula is C23H22N4O. The molecule has 28 heavy (non-hydrogen) atoms. The number of nitrogens with one attached hydrogen (secondary N) is 1. The molecule has 5 nitrogen and oxygen atoms in total. The number of anilines is 3. The van der Waals surface area contributed by atoms with Crippen molar-refractivity contribution < 1.29 is 4.42 Å². The molecule has 0 aliphatic heterocycles. The second-order valence-electron chi connectivity index (χ2n) is 6.53. The van der Waals surface area contributed by atoms with E-state index < -0.39 is 0 Å². The monoisotopic (exact) mass is 370 g/mol. The van der Waals surface area contributed by atoms with Crippen LogP contribution >= 0.6 is 0 Å². The van der Waals surface area contributed by atoms with Crippen molar-refractivity contribution in [3.8, 4) is 0 Å². The fourth-order valence-corrected chi connectivity index (χ4v) is 3.03. The maximum absolute atomic E-state index is 5.38. The Morgan fingerprint density at radius 1 is 0.893 bits per heavy atom. The average molecular weight is 370 g/mol. The Balaban J connectivity index is 1.65. The highest BCUT2D eigenvalue weighted by Gasteiger charge is 2.14. The van der Waals surface area contributed by atoms with Gasteiger partial charge in [-0.3, -0.25) is 0 Å². The third kappa shape index (κ3) is 4.38. The van der Waals surface area contributed by atoms with Crippen LogP contribution in [0.25, 0.3) is 0 Å². The average Bonchev–Trinajstić information content (AvgIpc) is 3.25. The minimum atomic E-state index is 0.542. The number of furan rings is 1. The topological polar surface area (TPSA) is 54.2 Å². The second-order valence-corrected chi connectivity index (χ2v) is 6.53. The van der Waals surface area contributed by atoms with Crippen molar-refractivity contribution in [2.75, 3.05) is 10.2 Å². The highest BCUT2D eigenvalue weighted by molar-refractivity contribution is 5.61. The van der Waals surface area contributed by atoms with Crippen molar-refractivity contribution in [3.63, 3.8) is 0 Å². The van der Waals surface area contributed by atoms with E-state index in [1.807, 2.05) is 49.4 Å². The number of aromatic nitrogens is 2. The number of hydrogen-bond donors (Lipinski definition) is 1. The van der Waals surface area contributed by atoms with E-state index in [9.17, 15) is 0 Å². The number of hydrogen-bond acceptors (Lipinski definition) is 5. The largest absolute Gasteiger partial charge is 0.467 e. The smallest absolute Gasteiger partial charge is 0.225 e. The summed E-state index contributed by atoms with van der Waals surface area (Å²) in [6, 6.07) is 26.5. The SMILES string of the molecule is Cc1cc(N(Cc2ccccc2)c2ccccc2)nc(NCc2ccco2)n1. The summed E-state index contributed by atoms with van der Waals surface area (Å²) in [5, 5.41) is 3.26. The van der Waals surface area contributed by atoms with Gasteiger partial charge in [-0.1, -0.05) is 48.5 Å². The predicted molar refractivity (Wildman–Crippen MR) is 112 cm³/mol. The number of para-hydroxylation sites is 1. The normalized spacial score (nSPS) is 10.6. The van der Waals surface area contributed by atoms with E-state index in [-0.39, 0.29) is 0 Å². The number of benzene rings is 2. The minimum absolute atomic E-state index is 0.542. The van der Waals surface area contributed by atoms with E-state index in [0.717, 1.165) is 29.5 Å². The molecule has 1 N–H and O–H groups in total. The lowest BCUT2D eigenvalue weighted by Crippen LogP contribution is -2.19. The van der Waals surface area contributed by atoms with Gasteiger partial charge in [0, 0.05) is 24.0 Å². The van der Waals surface area contributed by atoms with E-state index >= 15 is 0 Å². The van der Waals surface area contributed by atoms with Crippen LogP contribution in [-0.4, -0.2) is 9.97 Å². The van der Waals surface area contributed by atoms with Crippen LogP contribution in [0.3, 0.4) is 0 Å². The first-order valence-electron chi connectivity index (χ1n) is 9.26. The molecule has 0 unspecified atom stereocenters. The Kier molecular flexibility index (Phi) is 5.33. The molecule has 0 amide bonds. The fraction of sp³-hybridized carbons (Fsp3) is 0.130. The van der Waals surface area contributed by atoms with Gasteiger partial charge in [0.05, 0.1) is 12.8 Å². The first-order chi connectivity index (χ1) is 13.8. The van der Waals surface area contributed by atoms with Crippen LogP contribution in [0.1, 0.15) is 17.0 Å². The Bertz CT molecular complexity index is 1000. The van der Waals surface area contributed by atoms with Gasteiger partial charge in [-0.15, -0.1) is 0 Å². The zero-order valence-corrected chi connectivity index (χ0v) is 15.7. The fourth-order valence-electron chi connectivity index (χ4n) is 3.03. The lowest BCUT2D eigenvalue weighted by atomic mass is 10.2. The molecule has 0 saturated heterocycles. The third-order valence-electron chi connectivity index (χ3n) is 4.37. The standard InChI is InChI=1S/C23H22N4O/c1-18-15-22(26-23(25-18)24-16-21-13-8-14-28-21)27(20-11-6-3-7-12-20)17-19-9-4-2-5-10-19/h2-15H,16-17H2,1H3,(H,24,25,26). The van der Waals surface area contributed by atoms with Gasteiger partial charge in [0.15, 0.2) is 0 Å². The Morgan fingerprint density at radius 2 is 1.64 bits per heavy atom. The molecule has 0 aliphatic rings. The van der Waals surface area contributed by atoms with E-state index in [1.165, 1.54) is 5.56 Å². The molecule has 0 fully saturated rings. The summed E-state index contributed by atoms with van der Waals surface area (Å²) in [5.74, 6) is 2.28. The van der Waals surface area contributed by atoms with Crippen LogP contribution in [0.5, 0.6) is 0 Å². The van der Waals surface area contributed by atoms with Crippen LogP contribution in [0.2, 0.25) is 0 Å². The molecule has 2 aromatic heterocycles. The van der Waals surface area contributed by atoms with Crippen molar-refractivity contribution in [1.82, 2.24) is 9.97 Å². The third-order valence-corrected chi connectivity index (χ3v) is 4.37. The molecule has 0 spiro atoms. The summed E-state index contributed by atoms with van der Waals surface area (Å²) in [6.07, 6.45) is 1.66. The summed E-state index contributed by atoms with van der Waals surface area (Å²) in [5.41, 5.74) is 3.20. The van der Waals surface area contributed by atoms with Crippen molar-refractivity contribution in [2.45, 2.75) is 20.0 Å². The first kappa shape index (κ1) is 17.8. The molecular weight excluding hydrogens is 348 g/mol. The van der Waals surface area contributed by atoms with Crippen LogP contribution in [0.15, 0.2) is 89.5 Å². The van der Waals surface area contributed by atoms with Gasteiger partial charge < -0.3 is 14.6 Å². The number of rotatable bonds is 7. The molecule has 0 saturated carbocycles. The number of aryl methyl sites for hydroxylation is 1. The van der Waals surface area contributed by atoms with Crippen molar-refractivity contribution in [2.24, 2.45) is 0 Å². The van der Waals surface area contributed by atoms with Gasteiger partial charge in [0.1, 0.15) is 11.6 Å². The van der Waals surface area contributed by atoms with Crippen LogP contribution in [0.4, 0.5) is 17.5 Å².